The highest BCUT2D eigenvalue weighted by molar-refractivity contribution is 6.28. The smallest absolute Gasteiger partial charge is 0.136 e. The molecule has 0 N–H and O–H groups in total. The van der Waals surface area contributed by atoms with E-state index in [9.17, 15) is 0 Å². The van der Waals surface area contributed by atoms with Crippen molar-refractivity contribution in [3.8, 4) is 22.3 Å². The molecule has 2 aliphatic carbocycles. The molecular formula is C70H52N2O2. The van der Waals surface area contributed by atoms with Crippen LogP contribution in [0.5, 0.6) is 0 Å². The number of hydrogen-bond acceptors (Lipinski definition) is 4. The summed E-state index contributed by atoms with van der Waals surface area (Å²) in [5, 5.41) is 8.84. The minimum atomic E-state index is -0.114. The van der Waals surface area contributed by atoms with E-state index in [2.05, 4.69) is 258 Å². The average molecular weight is 953 g/mol. The van der Waals surface area contributed by atoms with Crippen molar-refractivity contribution >= 4 is 99.5 Å². The van der Waals surface area contributed by atoms with E-state index < -0.39 is 0 Å². The largest absolute Gasteiger partial charge is 0.456 e. The van der Waals surface area contributed by atoms with Gasteiger partial charge in [0.15, 0.2) is 0 Å². The topological polar surface area (TPSA) is 32.8 Å². The first-order valence-corrected chi connectivity index (χ1v) is 25.9. The van der Waals surface area contributed by atoms with Crippen molar-refractivity contribution in [2.45, 2.75) is 52.4 Å². The van der Waals surface area contributed by atoms with E-state index in [-0.39, 0.29) is 10.8 Å². The Morgan fingerprint density at radius 2 is 0.689 bits per heavy atom. The molecule has 0 spiro atoms. The molecule has 0 aliphatic heterocycles. The second kappa shape index (κ2) is 15.3. The zero-order chi connectivity index (χ0) is 49.8. The van der Waals surface area contributed by atoms with Gasteiger partial charge in [0.1, 0.15) is 22.3 Å². The normalized spacial score (nSPS) is 14.0. The van der Waals surface area contributed by atoms with Gasteiger partial charge in [-0.05, 0) is 188 Å². The first-order valence-electron chi connectivity index (χ1n) is 25.9. The molecule has 0 unspecified atom stereocenters. The highest BCUT2D eigenvalue weighted by Crippen LogP contribution is 2.53. The number of para-hydroxylation sites is 2. The van der Waals surface area contributed by atoms with Crippen molar-refractivity contribution < 1.29 is 8.83 Å². The maximum Gasteiger partial charge on any atom is 0.136 e. The fourth-order valence-electron chi connectivity index (χ4n) is 13.0. The lowest BCUT2D eigenvalue weighted by Crippen LogP contribution is -2.16. The Labute approximate surface area is 430 Å². The Morgan fingerprint density at radius 3 is 1.14 bits per heavy atom. The molecule has 4 heteroatoms. The highest BCUT2D eigenvalue weighted by Gasteiger charge is 2.37. The lowest BCUT2D eigenvalue weighted by atomic mass is 9.82. The Bertz CT molecular complexity index is 4260. The maximum atomic E-state index is 6.80. The van der Waals surface area contributed by atoms with Crippen LogP contribution in [0.2, 0.25) is 0 Å². The molecule has 15 rings (SSSR count). The Kier molecular flexibility index (Phi) is 8.87. The van der Waals surface area contributed by atoms with Gasteiger partial charge in [0.2, 0.25) is 0 Å². The van der Waals surface area contributed by atoms with E-state index in [1.54, 1.807) is 0 Å². The molecule has 0 bridgehead atoms. The highest BCUT2D eigenvalue weighted by atomic mass is 16.3. The predicted molar refractivity (Wildman–Crippen MR) is 310 cm³/mol. The lowest BCUT2D eigenvalue weighted by molar-refractivity contribution is 0.660. The standard InChI is InChI=1S/C70H52N2O2/c1-41-15-7-13-21-61(41)71(49-27-29-53-51-17-9-11-19-57(51)69(3,4)59(53)39-49)47-25-23-43-35-55-65(37-45(43)33-47)73-63-31-32-64-68(67(55)63)56-36-44-24-26-48(34-46(44)38-66(56)74-64)72(62-22-14-8-16-42(62)2)50-28-30-54-52-18-10-12-20-58(52)70(5,6)60(54)40-50/h7-40H,1-6H3. The van der Waals surface area contributed by atoms with E-state index in [4.69, 9.17) is 8.83 Å². The number of fused-ring (bicyclic) bond motifs is 15. The first-order chi connectivity index (χ1) is 36.0. The van der Waals surface area contributed by atoms with Crippen molar-refractivity contribution in [2.75, 3.05) is 9.80 Å². The third kappa shape index (κ3) is 6.09. The molecule has 354 valence electrons. The van der Waals surface area contributed by atoms with Gasteiger partial charge in [0.05, 0.1) is 0 Å². The molecule has 0 saturated carbocycles. The number of aryl methyl sites for hydroxylation is 2. The molecule has 2 heterocycles. The summed E-state index contributed by atoms with van der Waals surface area (Å²) in [7, 11) is 0. The third-order valence-electron chi connectivity index (χ3n) is 16.8. The van der Waals surface area contributed by atoms with Gasteiger partial charge in [0, 0.05) is 66.5 Å². The second-order valence-corrected chi connectivity index (χ2v) is 21.8. The Morgan fingerprint density at radius 1 is 0.311 bits per heavy atom. The number of benzene rings is 11. The molecular weight excluding hydrogens is 901 g/mol. The van der Waals surface area contributed by atoms with Gasteiger partial charge in [-0.3, -0.25) is 0 Å². The minimum absolute atomic E-state index is 0.114. The van der Waals surface area contributed by atoms with Gasteiger partial charge in [0.25, 0.3) is 0 Å². The fraction of sp³-hybridized carbons (Fsp3) is 0.114. The molecule has 11 aromatic carbocycles. The maximum absolute atomic E-state index is 6.80. The fourth-order valence-corrected chi connectivity index (χ4v) is 13.0. The molecule has 2 aromatic heterocycles. The van der Waals surface area contributed by atoms with Crippen LogP contribution in [0.1, 0.15) is 61.1 Å². The van der Waals surface area contributed by atoms with Crippen molar-refractivity contribution in [1.82, 2.24) is 0 Å². The number of anilines is 6. The summed E-state index contributed by atoms with van der Waals surface area (Å²) in [6.45, 7) is 13.8. The molecule has 13 aromatic rings. The Balaban J connectivity index is 0.840. The number of rotatable bonds is 6. The van der Waals surface area contributed by atoms with Gasteiger partial charge in [-0.2, -0.15) is 0 Å². The molecule has 0 amide bonds. The molecule has 0 fully saturated rings. The van der Waals surface area contributed by atoms with E-state index in [0.717, 1.165) is 99.5 Å². The SMILES string of the molecule is Cc1ccccc1N(c1ccc2c(c1)C(C)(C)c1ccccc1-2)c1ccc2cc3c(cc2c1)oc1ccc2oc4cc5cc(N(c6ccc7c(c6)C(C)(C)c6ccccc6-7)c6ccccc6C)ccc5cc4c2c13. The average Bonchev–Trinajstić information content (AvgIpc) is 4.16. The zero-order valence-electron chi connectivity index (χ0n) is 42.3. The summed E-state index contributed by atoms with van der Waals surface area (Å²) in [6.07, 6.45) is 0. The van der Waals surface area contributed by atoms with Gasteiger partial charge in [-0.25, -0.2) is 0 Å². The summed E-state index contributed by atoms with van der Waals surface area (Å²) >= 11 is 0. The van der Waals surface area contributed by atoms with Crippen LogP contribution in [0.3, 0.4) is 0 Å². The molecule has 4 nitrogen and oxygen atoms in total. The van der Waals surface area contributed by atoms with Crippen LogP contribution in [-0.4, -0.2) is 0 Å². The van der Waals surface area contributed by atoms with Crippen molar-refractivity contribution in [1.29, 1.82) is 0 Å². The minimum Gasteiger partial charge on any atom is -0.456 e. The van der Waals surface area contributed by atoms with E-state index in [1.165, 1.54) is 55.6 Å². The lowest BCUT2D eigenvalue weighted by Gasteiger charge is -2.29. The molecule has 0 radical (unpaired) electrons. The van der Waals surface area contributed by atoms with Crippen molar-refractivity contribution in [3.63, 3.8) is 0 Å². The van der Waals surface area contributed by atoms with E-state index >= 15 is 0 Å². The van der Waals surface area contributed by atoms with Crippen LogP contribution in [0.4, 0.5) is 34.1 Å². The predicted octanol–water partition coefficient (Wildman–Crippen LogP) is 20.0. The van der Waals surface area contributed by atoms with Gasteiger partial charge < -0.3 is 18.6 Å². The van der Waals surface area contributed by atoms with Gasteiger partial charge >= 0.3 is 0 Å². The third-order valence-corrected chi connectivity index (χ3v) is 16.8. The molecule has 0 atom stereocenters. The summed E-state index contributed by atoms with van der Waals surface area (Å²) in [6, 6.07) is 76.0. The summed E-state index contributed by atoms with van der Waals surface area (Å²) in [4.78, 5) is 4.83. The van der Waals surface area contributed by atoms with E-state index in [0.29, 0.717) is 0 Å². The van der Waals surface area contributed by atoms with Crippen LogP contribution < -0.4 is 9.80 Å². The van der Waals surface area contributed by atoms with Crippen molar-refractivity contribution in [3.05, 3.63) is 240 Å². The number of furan rings is 2. The number of nitrogens with zero attached hydrogens (tertiary/aromatic N) is 2. The van der Waals surface area contributed by atoms with Crippen LogP contribution in [-0.2, 0) is 10.8 Å². The van der Waals surface area contributed by atoms with Gasteiger partial charge in [-0.1, -0.05) is 137 Å². The van der Waals surface area contributed by atoms with Crippen LogP contribution in [0.25, 0.3) is 87.7 Å². The van der Waals surface area contributed by atoms with Crippen LogP contribution in [0, 0.1) is 13.8 Å². The first kappa shape index (κ1) is 42.8. The summed E-state index contributed by atoms with van der Waals surface area (Å²) < 4.78 is 13.6. The van der Waals surface area contributed by atoms with Crippen LogP contribution in [0.15, 0.2) is 215 Å². The van der Waals surface area contributed by atoms with E-state index in [1.807, 2.05) is 0 Å². The Hall–Kier alpha value is -8.86. The monoisotopic (exact) mass is 952 g/mol. The molecule has 0 saturated heterocycles. The second-order valence-electron chi connectivity index (χ2n) is 21.8. The molecule has 2 aliphatic rings. The zero-order valence-corrected chi connectivity index (χ0v) is 42.3. The van der Waals surface area contributed by atoms with Crippen molar-refractivity contribution in [2.24, 2.45) is 0 Å². The van der Waals surface area contributed by atoms with Gasteiger partial charge in [-0.15, -0.1) is 0 Å². The number of hydrogen-bond donors (Lipinski definition) is 0. The summed E-state index contributed by atoms with van der Waals surface area (Å²) in [5.74, 6) is 0. The quantitative estimate of drug-likeness (QED) is 0.166. The molecule has 74 heavy (non-hydrogen) atoms. The van der Waals surface area contributed by atoms with Crippen LogP contribution >= 0.6 is 0 Å². The summed E-state index contributed by atoms with van der Waals surface area (Å²) in [5.41, 5.74) is 23.1.